The molecule has 0 aliphatic heterocycles. The quantitative estimate of drug-likeness (QED) is 0.485. The molecule has 0 heterocycles. The number of ether oxygens (including phenoxy) is 1. The fourth-order valence-electron chi connectivity index (χ4n) is 0.374. The van der Waals surface area contributed by atoms with Gasteiger partial charge in [-0.1, -0.05) is 17.7 Å². The van der Waals surface area contributed by atoms with E-state index in [2.05, 4.69) is 10.1 Å². The molecule has 0 rings (SSSR count). The van der Waals surface area contributed by atoms with Crippen molar-refractivity contribution in [2.24, 2.45) is 0 Å². The third-order valence-corrected chi connectivity index (χ3v) is 1.03. The third kappa shape index (κ3) is 5.59. The molecule has 0 spiro atoms. The van der Waals surface area contributed by atoms with Crippen LogP contribution in [0.15, 0.2) is 11.6 Å². The van der Waals surface area contributed by atoms with Crippen LogP contribution >= 0.6 is 11.6 Å². The number of hydrogen-bond acceptors (Lipinski definition) is 3. The highest BCUT2D eigenvalue weighted by Crippen LogP contribution is 1.75. The molecule has 0 saturated carbocycles. The fourth-order valence-corrected chi connectivity index (χ4v) is 0.463. The normalized spacial score (nSPS) is 10.2. The Morgan fingerprint density at radius 2 is 2.50 bits per heavy atom. The van der Waals surface area contributed by atoms with Crippen LogP contribution in [-0.4, -0.2) is 26.2 Å². The first-order chi connectivity index (χ1) is 4.81. The van der Waals surface area contributed by atoms with Crippen molar-refractivity contribution in [1.29, 1.82) is 0 Å². The summed E-state index contributed by atoms with van der Waals surface area (Å²) in [5.74, 6) is -0.275. The predicted octanol–water partition coefficient (Wildman–Crippen LogP) is 0.501. The number of carbonyl (C=O) groups excluding carboxylic acids is 1. The molecule has 10 heavy (non-hydrogen) atoms. The highest BCUT2D eigenvalue weighted by molar-refractivity contribution is 6.25. The zero-order chi connectivity index (χ0) is 7.82. The average molecular weight is 164 g/mol. The highest BCUT2D eigenvalue weighted by Gasteiger charge is 1.94. The van der Waals surface area contributed by atoms with E-state index in [4.69, 9.17) is 11.6 Å². The Balaban J connectivity index is 3.11. The van der Waals surface area contributed by atoms with Crippen molar-refractivity contribution in [2.75, 3.05) is 20.2 Å². The Morgan fingerprint density at radius 1 is 1.80 bits per heavy atom. The number of halogens is 1. The van der Waals surface area contributed by atoms with Gasteiger partial charge in [0.1, 0.15) is 0 Å². The first-order valence-corrected chi connectivity index (χ1v) is 3.27. The summed E-state index contributed by atoms with van der Waals surface area (Å²) in [5, 5.41) is 2.79. The lowest BCUT2D eigenvalue weighted by Gasteiger charge is -1.97. The van der Waals surface area contributed by atoms with Gasteiger partial charge in [-0.2, -0.15) is 0 Å². The Kier molecular flexibility index (Phi) is 6.22. The first-order valence-electron chi connectivity index (χ1n) is 2.84. The van der Waals surface area contributed by atoms with Crippen molar-refractivity contribution in [3.8, 4) is 0 Å². The SMILES string of the molecule is COC(=O)CNC/C=C/Cl. The smallest absolute Gasteiger partial charge is 0.319 e. The molecule has 0 atom stereocenters. The zero-order valence-electron chi connectivity index (χ0n) is 5.76. The second-order valence-electron chi connectivity index (χ2n) is 1.57. The standard InChI is InChI=1S/C6H10ClNO2/c1-10-6(9)5-8-4-2-3-7/h2-3,8H,4-5H2,1H3/b3-2+. The van der Waals surface area contributed by atoms with E-state index in [1.807, 2.05) is 0 Å². The van der Waals surface area contributed by atoms with Crippen molar-refractivity contribution in [3.05, 3.63) is 11.6 Å². The van der Waals surface area contributed by atoms with Crippen LogP contribution in [0, 0.1) is 0 Å². The summed E-state index contributed by atoms with van der Waals surface area (Å²) in [7, 11) is 1.35. The van der Waals surface area contributed by atoms with Crippen LogP contribution in [0.4, 0.5) is 0 Å². The van der Waals surface area contributed by atoms with Gasteiger partial charge in [0.05, 0.1) is 13.7 Å². The molecule has 0 aliphatic rings. The molecule has 0 aliphatic carbocycles. The van der Waals surface area contributed by atoms with Crippen LogP contribution in [0.3, 0.4) is 0 Å². The van der Waals surface area contributed by atoms with Gasteiger partial charge in [0, 0.05) is 12.1 Å². The van der Waals surface area contributed by atoms with Gasteiger partial charge in [0.15, 0.2) is 0 Å². The number of rotatable bonds is 4. The molecule has 0 aromatic carbocycles. The molecule has 0 bridgehead atoms. The maximum absolute atomic E-state index is 10.4. The van der Waals surface area contributed by atoms with E-state index in [1.54, 1.807) is 6.08 Å². The van der Waals surface area contributed by atoms with Crippen molar-refractivity contribution in [3.63, 3.8) is 0 Å². The van der Waals surface area contributed by atoms with Gasteiger partial charge < -0.3 is 10.1 Å². The number of methoxy groups -OCH3 is 1. The van der Waals surface area contributed by atoms with Crippen LogP contribution < -0.4 is 5.32 Å². The number of hydrogen-bond donors (Lipinski definition) is 1. The number of nitrogens with one attached hydrogen (secondary N) is 1. The van der Waals surface area contributed by atoms with Crippen LogP contribution in [-0.2, 0) is 9.53 Å². The van der Waals surface area contributed by atoms with Gasteiger partial charge in [0.2, 0.25) is 0 Å². The molecule has 0 aromatic rings. The summed E-state index contributed by atoms with van der Waals surface area (Å²) in [6.45, 7) is 0.802. The van der Waals surface area contributed by atoms with Crippen molar-refractivity contribution < 1.29 is 9.53 Å². The lowest BCUT2D eigenvalue weighted by Crippen LogP contribution is -2.23. The molecule has 0 saturated heterocycles. The molecule has 0 amide bonds. The molecule has 0 aromatic heterocycles. The van der Waals surface area contributed by atoms with E-state index < -0.39 is 0 Å². The largest absolute Gasteiger partial charge is 0.468 e. The first kappa shape index (κ1) is 9.46. The van der Waals surface area contributed by atoms with E-state index in [9.17, 15) is 4.79 Å². The fraction of sp³-hybridized carbons (Fsp3) is 0.500. The lowest BCUT2D eigenvalue weighted by atomic mass is 10.6. The summed E-state index contributed by atoms with van der Waals surface area (Å²) < 4.78 is 4.37. The molecule has 4 heteroatoms. The minimum Gasteiger partial charge on any atom is -0.468 e. The van der Waals surface area contributed by atoms with Gasteiger partial charge in [0.25, 0.3) is 0 Å². The molecule has 0 radical (unpaired) electrons. The third-order valence-electron chi connectivity index (χ3n) is 0.848. The summed E-state index contributed by atoms with van der Waals surface area (Å²) >= 11 is 5.21. The van der Waals surface area contributed by atoms with E-state index in [-0.39, 0.29) is 12.5 Å². The van der Waals surface area contributed by atoms with E-state index in [1.165, 1.54) is 12.6 Å². The minimum atomic E-state index is -0.275. The van der Waals surface area contributed by atoms with Crippen LogP contribution in [0.1, 0.15) is 0 Å². The molecular formula is C6H10ClNO2. The summed E-state index contributed by atoms with van der Waals surface area (Å²) in [4.78, 5) is 10.4. The maximum Gasteiger partial charge on any atom is 0.319 e. The van der Waals surface area contributed by atoms with E-state index >= 15 is 0 Å². The van der Waals surface area contributed by atoms with Gasteiger partial charge in [-0.05, 0) is 0 Å². The molecule has 1 N–H and O–H groups in total. The molecule has 58 valence electrons. The Hall–Kier alpha value is -0.540. The summed E-state index contributed by atoms with van der Waals surface area (Å²) in [6.07, 6.45) is 1.70. The van der Waals surface area contributed by atoms with Crippen molar-refractivity contribution in [1.82, 2.24) is 5.32 Å². The monoisotopic (exact) mass is 163 g/mol. The maximum atomic E-state index is 10.4. The Bertz CT molecular complexity index is 125. The summed E-state index contributed by atoms with van der Waals surface area (Å²) in [5.41, 5.74) is 1.39. The molecule has 0 fully saturated rings. The van der Waals surface area contributed by atoms with Crippen LogP contribution in [0.25, 0.3) is 0 Å². The van der Waals surface area contributed by atoms with Crippen molar-refractivity contribution in [2.45, 2.75) is 0 Å². The number of carbonyl (C=O) groups is 1. The topological polar surface area (TPSA) is 38.3 Å². The number of esters is 1. The van der Waals surface area contributed by atoms with Gasteiger partial charge in [-0.25, -0.2) is 0 Å². The molecule has 3 nitrogen and oxygen atoms in total. The second-order valence-corrected chi connectivity index (χ2v) is 1.82. The second kappa shape index (κ2) is 6.58. The van der Waals surface area contributed by atoms with Crippen LogP contribution in [0.2, 0.25) is 0 Å². The Morgan fingerprint density at radius 3 is 3.00 bits per heavy atom. The average Bonchev–Trinajstić information content (AvgIpc) is 1.98. The van der Waals surface area contributed by atoms with Crippen molar-refractivity contribution >= 4 is 17.6 Å². The van der Waals surface area contributed by atoms with Gasteiger partial charge >= 0.3 is 5.97 Å². The minimum absolute atomic E-state index is 0.220. The summed E-state index contributed by atoms with van der Waals surface area (Å²) in [6, 6.07) is 0. The molecular weight excluding hydrogens is 154 g/mol. The van der Waals surface area contributed by atoms with Gasteiger partial charge in [-0.15, -0.1) is 0 Å². The highest BCUT2D eigenvalue weighted by atomic mass is 35.5. The van der Waals surface area contributed by atoms with E-state index in [0.29, 0.717) is 6.54 Å². The van der Waals surface area contributed by atoms with E-state index in [0.717, 1.165) is 0 Å². The zero-order valence-corrected chi connectivity index (χ0v) is 6.52. The lowest BCUT2D eigenvalue weighted by molar-refractivity contribution is -0.139. The molecule has 0 unspecified atom stereocenters. The van der Waals surface area contributed by atoms with Gasteiger partial charge in [-0.3, -0.25) is 4.79 Å². The Labute approximate surface area is 65.0 Å². The predicted molar refractivity (Wildman–Crippen MR) is 39.9 cm³/mol. The van der Waals surface area contributed by atoms with Crippen LogP contribution in [0.5, 0.6) is 0 Å².